The van der Waals surface area contributed by atoms with Crippen LogP contribution in [0.1, 0.15) is 5.56 Å². The second kappa shape index (κ2) is 7.47. The highest BCUT2D eigenvalue weighted by molar-refractivity contribution is 5.65. The van der Waals surface area contributed by atoms with Crippen LogP contribution in [0, 0.1) is 5.82 Å². The Kier molecular flexibility index (Phi) is 4.71. The monoisotopic (exact) mass is 381 g/mol. The number of halogens is 1. The highest BCUT2D eigenvalue weighted by Gasteiger charge is 2.17. The Bertz CT molecular complexity index is 1090. The van der Waals surface area contributed by atoms with Crippen molar-refractivity contribution in [3.63, 3.8) is 0 Å². The molecule has 0 fully saturated rings. The molecule has 0 N–H and O–H groups in total. The molecule has 9 heteroatoms. The van der Waals surface area contributed by atoms with Crippen LogP contribution in [-0.4, -0.2) is 39.4 Å². The van der Waals surface area contributed by atoms with Crippen LogP contribution in [0.5, 0.6) is 11.5 Å². The van der Waals surface area contributed by atoms with Crippen LogP contribution in [0.4, 0.5) is 4.39 Å². The minimum Gasteiger partial charge on any atom is -0.497 e. The molecule has 0 bridgehead atoms. The number of ether oxygens (including phenoxy) is 2. The molecular formula is C19H16FN5O3. The van der Waals surface area contributed by atoms with E-state index in [1.807, 2.05) is 0 Å². The van der Waals surface area contributed by atoms with E-state index in [2.05, 4.69) is 20.5 Å². The Labute approximate surface area is 159 Å². The molecule has 142 valence electrons. The summed E-state index contributed by atoms with van der Waals surface area (Å²) in [7, 11) is 3.13. The molecule has 0 saturated carbocycles. The first kappa shape index (κ1) is 17.7. The summed E-state index contributed by atoms with van der Waals surface area (Å²) in [6, 6.07) is 11.5. The van der Waals surface area contributed by atoms with Crippen molar-refractivity contribution in [1.29, 1.82) is 0 Å². The molecular weight excluding hydrogens is 365 g/mol. The Hall–Kier alpha value is -3.75. The summed E-state index contributed by atoms with van der Waals surface area (Å²) in [6.07, 6.45) is 1.70. The lowest BCUT2D eigenvalue weighted by Gasteiger charge is -2.06. The lowest BCUT2D eigenvalue weighted by molar-refractivity contribution is 0.391. The highest BCUT2D eigenvalue weighted by atomic mass is 19.1. The molecule has 0 atom stereocenters. The molecule has 0 radical (unpaired) electrons. The molecule has 2 aromatic carbocycles. The van der Waals surface area contributed by atoms with Gasteiger partial charge in [0, 0.05) is 6.07 Å². The molecule has 0 spiro atoms. The molecule has 0 saturated heterocycles. The van der Waals surface area contributed by atoms with Crippen molar-refractivity contribution in [1.82, 2.24) is 25.1 Å². The summed E-state index contributed by atoms with van der Waals surface area (Å²) in [5.41, 5.74) is 2.00. The van der Waals surface area contributed by atoms with Crippen molar-refractivity contribution in [3.05, 3.63) is 60.0 Å². The van der Waals surface area contributed by atoms with Gasteiger partial charge in [0.05, 0.1) is 32.5 Å². The number of benzene rings is 2. The van der Waals surface area contributed by atoms with Crippen LogP contribution in [0.25, 0.3) is 23.0 Å². The topological polar surface area (TPSA) is 88.1 Å². The van der Waals surface area contributed by atoms with Crippen molar-refractivity contribution in [2.75, 3.05) is 14.2 Å². The Morgan fingerprint density at radius 3 is 2.64 bits per heavy atom. The van der Waals surface area contributed by atoms with Crippen molar-refractivity contribution >= 4 is 0 Å². The van der Waals surface area contributed by atoms with Crippen LogP contribution in [0.3, 0.4) is 0 Å². The molecule has 0 amide bonds. The molecule has 4 rings (SSSR count). The third kappa shape index (κ3) is 3.54. The van der Waals surface area contributed by atoms with Gasteiger partial charge in [-0.05, 0) is 29.8 Å². The first-order valence-electron chi connectivity index (χ1n) is 8.37. The van der Waals surface area contributed by atoms with E-state index >= 15 is 0 Å². The van der Waals surface area contributed by atoms with E-state index in [1.54, 1.807) is 55.4 Å². The van der Waals surface area contributed by atoms with Crippen LogP contribution < -0.4 is 9.47 Å². The molecule has 4 aromatic rings. The molecule has 28 heavy (non-hydrogen) atoms. The van der Waals surface area contributed by atoms with Crippen molar-refractivity contribution in [3.8, 4) is 34.5 Å². The maximum Gasteiger partial charge on any atom is 0.262 e. The van der Waals surface area contributed by atoms with Gasteiger partial charge < -0.3 is 14.0 Å². The SMILES string of the molecule is COc1ccc(-c2nc(-c3cn(Cc4ccc(F)cc4)nn3)no2)c(OC)c1. The van der Waals surface area contributed by atoms with Crippen LogP contribution in [0.15, 0.2) is 53.2 Å². The van der Waals surface area contributed by atoms with Gasteiger partial charge in [-0.15, -0.1) is 5.10 Å². The number of hydrogen-bond acceptors (Lipinski definition) is 7. The van der Waals surface area contributed by atoms with E-state index in [1.165, 1.54) is 12.1 Å². The van der Waals surface area contributed by atoms with Gasteiger partial charge in [-0.2, -0.15) is 4.98 Å². The van der Waals surface area contributed by atoms with Gasteiger partial charge in [-0.1, -0.05) is 22.5 Å². The Morgan fingerprint density at radius 1 is 1.07 bits per heavy atom. The minimum absolute atomic E-state index is 0.281. The first-order chi connectivity index (χ1) is 13.7. The van der Waals surface area contributed by atoms with Crippen LogP contribution in [0.2, 0.25) is 0 Å². The van der Waals surface area contributed by atoms with Gasteiger partial charge in [0.15, 0.2) is 5.69 Å². The second-order valence-electron chi connectivity index (χ2n) is 5.92. The summed E-state index contributed by atoms with van der Waals surface area (Å²) in [5.74, 6) is 1.52. The third-order valence-corrected chi connectivity index (χ3v) is 4.09. The van der Waals surface area contributed by atoms with Crippen LogP contribution in [-0.2, 0) is 6.54 Å². The summed E-state index contributed by atoms with van der Waals surface area (Å²) >= 11 is 0. The van der Waals surface area contributed by atoms with E-state index in [9.17, 15) is 4.39 Å². The maximum absolute atomic E-state index is 13.0. The van der Waals surface area contributed by atoms with E-state index in [0.29, 0.717) is 41.0 Å². The quantitative estimate of drug-likeness (QED) is 0.507. The van der Waals surface area contributed by atoms with Gasteiger partial charge in [-0.25, -0.2) is 9.07 Å². The van der Waals surface area contributed by atoms with Crippen molar-refractivity contribution < 1.29 is 18.4 Å². The average Bonchev–Trinajstić information content (AvgIpc) is 3.39. The number of nitrogens with zero attached hydrogens (tertiary/aromatic N) is 5. The normalized spacial score (nSPS) is 10.8. The Balaban J connectivity index is 1.57. The second-order valence-corrected chi connectivity index (χ2v) is 5.92. The highest BCUT2D eigenvalue weighted by Crippen LogP contribution is 2.33. The maximum atomic E-state index is 13.0. The number of hydrogen-bond donors (Lipinski definition) is 0. The zero-order chi connectivity index (χ0) is 19.5. The summed E-state index contributed by atoms with van der Waals surface area (Å²) in [4.78, 5) is 4.38. The summed E-state index contributed by atoms with van der Waals surface area (Å²) in [5, 5.41) is 12.1. The fraction of sp³-hybridized carbons (Fsp3) is 0.158. The van der Waals surface area contributed by atoms with Gasteiger partial charge in [0.1, 0.15) is 17.3 Å². The molecule has 8 nitrogen and oxygen atoms in total. The van der Waals surface area contributed by atoms with E-state index in [0.717, 1.165) is 5.56 Å². The summed E-state index contributed by atoms with van der Waals surface area (Å²) in [6.45, 7) is 0.449. The molecule has 0 aliphatic carbocycles. The van der Waals surface area contributed by atoms with E-state index in [-0.39, 0.29) is 5.82 Å². The molecule has 0 aliphatic rings. The number of rotatable bonds is 6. The predicted molar refractivity (Wildman–Crippen MR) is 97.4 cm³/mol. The fourth-order valence-electron chi connectivity index (χ4n) is 2.67. The predicted octanol–water partition coefficient (Wildman–Crippen LogP) is 3.20. The molecule has 2 aromatic heterocycles. The van der Waals surface area contributed by atoms with Crippen molar-refractivity contribution in [2.45, 2.75) is 6.54 Å². The zero-order valence-electron chi connectivity index (χ0n) is 15.2. The Morgan fingerprint density at radius 2 is 1.89 bits per heavy atom. The van der Waals surface area contributed by atoms with Gasteiger partial charge in [-0.3, -0.25) is 0 Å². The minimum atomic E-state index is -0.281. The zero-order valence-corrected chi connectivity index (χ0v) is 15.2. The number of aromatic nitrogens is 5. The average molecular weight is 381 g/mol. The molecule has 0 aliphatic heterocycles. The van der Waals surface area contributed by atoms with E-state index in [4.69, 9.17) is 14.0 Å². The first-order valence-corrected chi connectivity index (χ1v) is 8.37. The number of methoxy groups -OCH3 is 2. The smallest absolute Gasteiger partial charge is 0.262 e. The fourth-order valence-corrected chi connectivity index (χ4v) is 2.67. The standard InChI is InChI=1S/C19H16FN5O3/c1-26-14-7-8-15(17(9-14)27-2)19-21-18(23-28-19)16-11-25(24-22-16)10-12-3-5-13(20)6-4-12/h3-9,11H,10H2,1-2H3. The lowest BCUT2D eigenvalue weighted by Crippen LogP contribution is -2.00. The van der Waals surface area contributed by atoms with Crippen molar-refractivity contribution in [2.24, 2.45) is 0 Å². The molecule has 0 unspecified atom stereocenters. The van der Waals surface area contributed by atoms with Gasteiger partial charge in [0.2, 0.25) is 5.82 Å². The van der Waals surface area contributed by atoms with Gasteiger partial charge >= 0.3 is 0 Å². The summed E-state index contributed by atoms with van der Waals surface area (Å²) < 4.78 is 30.6. The molecule has 2 heterocycles. The van der Waals surface area contributed by atoms with E-state index < -0.39 is 0 Å². The largest absolute Gasteiger partial charge is 0.497 e. The van der Waals surface area contributed by atoms with Crippen LogP contribution >= 0.6 is 0 Å². The van der Waals surface area contributed by atoms with Gasteiger partial charge in [0.25, 0.3) is 5.89 Å². The lowest BCUT2D eigenvalue weighted by atomic mass is 10.2. The third-order valence-electron chi connectivity index (χ3n) is 4.09.